The monoisotopic (exact) mass is 432 g/mol. The Morgan fingerprint density at radius 1 is 1.23 bits per heavy atom. The number of imidazole rings is 1. The van der Waals surface area contributed by atoms with E-state index in [1.165, 1.54) is 10.7 Å². The van der Waals surface area contributed by atoms with Crippen molar-refractivity contribution < 1.29 is 17.9 Å². The summed E-state index contributed by atoms with van der Waals surface area (Å²) in [5.74, 6) is 0.190. The van der Waals surface area contributed by atoms with Crippen molar-refractivity contribution in [3.05, 3.63) is 41.5 Å². The van der Waals surface area contributed by atoms with Crippen LogP contribution in [-0.2, 0) is 23.5 Å². The van der Waals surface area contributed by atoms with Gasteiger partial charge >= 0.3 is 0 Å². The van der Waals surface area contributed by atoms with Crippen LogP contribution in [0.2, 0.25) is 0 Å². The second-order valence-corrected chi connectivity index (χ2v) is 10.3. The highest BCUT2D eigenvalue weighted by molar-refractivity contribution is 7.91. The summed E-state index contributed by atoms with van der Waals surface area (Å²) < 4.78 is 32.3. The number of rotatable bonds is 5. The van der Waals surface area contributed by atoms with E-state index in [1.54, 1.807) is 16.8 Å². The number of nitrogens with zero attached hydrogens (tertiary/aromatic N) is 5. The number of carbonyl (C=O) groups excluding carboxylic acids is 1. The van der Waals surface area contributed by atoms with Gasteiger partial charge in [0.15, 0.2) is 5.65 Å². The molecule has 11 heteroatoms. The van der Waals surface area contributed by atoms with E-state index in [1.807, 2.05) is 27.1 Å². The predicted molar refractivity (Wildman–Crippen MR) is 109 cm³/mol. The zero-order valence-corrected chi connectivity index (χ0v) is 17.9. The van der Waals surface area contributed by atoms with Gasteiger partial charge in [0.05, 0.1) is 17.7 Å². The van der Waals surface area contributed by atoms with Gasteiger partial charge in [-0.15, -0.1) is 5.10 Å². The van der Waals surface area contributed by atoms with Crippen LogP contribution in [0.4, 0.5) is 0 Å². The number of aryl methyl sites for hydroxylation is 2. The number of carbonyl (C=O) groups is 1. The summed E-state index contributed by atoms with van der Waals surface area (Å²) in [7, 11) is -1.15. The van der Waals surface area contributed by atoms with Crippen molar-refractivity contribution in [2.75, 3.05) is 11.5 Å². The smallest absolute Gasteiger partial charge is 0.271 e. The Kier molecular flexibility index (Phi) is 5.00. The Hall–Kier alpha value is -2.95. The molecule has 1 saturated heterocycles. The average molecular weight is 433 g/mol. The molecule has 160 valence electrons. The second kappa shape index (κ2) is 7.38. The molecule has 0 aliphatic carbocycles. The molecule has 10 nitrogen and oxygen atoms in total. The van der Waals surface area contributed by atoms with Crippen LogP contribution >= 0.6 is 0 Å². The SMILES string of the molecule is Cc1cn(C)nc1COc1ccc2nc(C(=O)NC3(C)CCS(=O)(=O)CC3)cn2n1. The van der Waals surface area contributed by atoms with E-state index in [9.17, 15) is 13.2 Å². The normalized spacial score (nSPS) is 17.7. The lowest BCUT2D eigenvalue weighted by Crippen LogP contribution is -2.51. The lowest BCUT2D eigenvalue weighted by molar-refractivity contribution is 0.0895. The summed E-state index contributed by atoms with van der Waals surface area (Å²) in [5.41, 5.74) is 2.02. The highest BCUT2D eigenvalue weighted by Crippen LogP contribution is 2.23. The Labute approximate surface area is 174 Å². The minimum absolute atomic E-state index is 0.0763. The Morgan fingerprint density at radius 2 is 1.97 bits per heavy atom. The van der Waals surface area contributed by atoms with Crippen LogP contribution in [0.5, 0.6) is 5.88 Å². The van der Waals surface area contributed by atoms with Gasteiger partial charge in [-0.3, -0.25) is 9.48 Å². The van der Waals surface area contributed by atoms with Gasteiger partial charge in [-0.1, -0.05) is 0 Å². The van der Waals surface area contributed by atoms with E-state index < -0.39 is 15.4 Å². The summed E-state index contributed by atoms with van der Waals surface area (Å²) in [6, 6.07) is 3.41. The van der Waals surface area contributed by atoms with E-state index in [-0.39, 0.29) is 29.7 Å². The van der Waals surface area contributed by atoms with Crippen molar-refractivity contribution in [3.63, 3.8) is 0 Å². The number of ether oxygens (including phenoxy) is 1. The number of fused-ring (bicyclic) bond motifs is 1. The van der Waals surface area contributed by atoms with E-state index in [4.69, 9.17) is 4.74 Å². The number of hydrogen-bond acceptors (Lipinski definition) is 7. The van der Waals surface area contributed by atoms with Crippen LogP contribution in [-0.4, -0.2) is 55.7 Å². The largest absolute Gasteiger partial charge is 0.470 e. The van der Waals surface area contributed by atoms with Crippen molar-refractivity contribution in [2.45, 2.75) is 38.8 Å². The van der Waals surface area contributed by atoms with Crippen molar-refractivity contribution in [1.82, 2.24) is 29.7 Å². The lowest BCUT2D eigenvalue weighted by Gasteiger charge is -2.34. The quantitative estimate of drug-likeness (QED) is 0.640. The van der Waals surface area contributed by atoms with Crippen LogP contribution in [0.15, 0.2) is 24.5 Å². The minimum atomic E-state index is -3.01. The van der Waals surface area contributed by atoms with E-state index >= 15 is 0 Å². The molecule has 0 bridgehead atoms. The van der Waals surface area contributed by atoms with E-state index in [2.05, 4.69) is 20.5 Å². The molecule has 30 heavy (non-hydrogen) atoms. The summed E-state index contributed by atoms with van der Waals surface area (Å²) in [6.45, 7) is 4.11. The first-order valence-electron chi connectivity index (χ1n) is 9.64. The third-order valence-electron chi connectivity index (χ3n) is 5.34. The molecule has 0 saturated carbocycles. The molecule has 1 aliphatic rings. The molecule has 0 aromatic carbocycles. The fourth-order valence-corrected chi connectivity index (χ4v) is 5.17. The fraction of sp³-hybridized carbons (Fsp3) is 0.474. The molecule has 3 aromatic heterocycles. The van der Waals surface area contributed by atoms with Crippen molar-refractivity contribution in [3.8, 4) is 5.88 Å². The first-order chi connectivity index (χ1) is 14.1. The number of sulfone groups is 1. The van der Waals surface area contributed by atoms with E-state index in [0.29, 0.717) is 24.4 Å². The minimum Gasteiger partial charge on any atom is -0.470 e. The van der Waals surface area contributed by atoms with Crippen LogP contribution < -0.4 is 10.1 Å². The molecular formula is C19H24N6O4S. The highest BCUT2D eigenvalue weighted by atomic mass is 32.2. The first kappa shape index (κ1) is 20.3. The van der Waals surface area contributed by atoms with Gasteiger partial charge in [-0.25, -0.2) is 17.9 Å². The second-order valence-electron chi connectivity index (χ2n) is 7.99. The number of amides is 1. The van der Waals surface area contributed by atoms with Gasteiger partial charge in [-0.2, -0.15) is 5.10 Å². The molecule has 3 aromatic rings. The predicted octanol–water partition coefficient (Wildman–Crippen LogP) is 1.05. The Bertz CT molecular complexity index is 1200. The van der Waals surface area contributed by atoms with Gasteiger partial charge in [0.25, 0.3) is 5.91 Å². The maximum atomic E-state index is 12.7. The third kappa shape index (κ3) is 4.30. The molecule has 0 spiro atoms. The molecule has 1 N–H and O–H groups in total. The van der Waals surface area contributed by atoms with E-state index in [0.717, 1.165) is 11.3 Å². The molecule has 0 radical (unpaired) electrons. The van der Waals surface area contributed by atoms with Crippen LogP contribution in [0.25, 0.3) is 5.65 Å². The maximum Gasteiger partial charge on any atom is 0.271 e. The van der Waals surface area contributed by atoms with Crippen LogP contribution in [0, 0.1) is 6.92 Å². The molecule has 0 atom stereocenters. The van der Waals surface area contributed by atoms with Crippen molar-refractivity contribution in [1.29, 1.82) is 0 Å². The topological polar surface area (TPSA) is 120 Å². The van der Waals surface area contributed by atoms with Crippen molar-refractivity contribution in [2.24, 2.45) is 7.05 Å². The summed E-state index contributed by atoms with van der Waals surface area (Å²) in [6.07, 6.45) is 4.22. The zero-order chi connectivity index (χ0) is 21.5. The Balaban J connectivity index is 1.45. The first-order valence-corrected chi connectivity index (χ1v) is 11.5. The molecule has 1 aliphatic heterocycles. The van der Waals surface area contributed by atoms with Gasteiger partial charge in [0.2, 0.25) is 5.88 Å². The summed E-state index contributed by atoms with van der Waals surface area (Å²) in [4.78, 5) is 17.0. The van der Waals surface area contributed by atoms with Gasteiger partial charge in [-0.05, 0) is 38.3 Å². The van der Waals surface area contributed by atoms with Gasteiger partial charge in [0.1, 0.15) is 27.8 Å². The number of hydrogen-bond donors (Lipinski definition) is 1. The molecule has 0 unspecified atom stereocenters. The summed E-state index contributed by atoms with van der Waals surface area (Å²) >= 11 is 0. The van der Waals surface area contributed by atoms with Crippen LogP contribution in [0.3, 0.4) is 0 Å². The molecule has 4 heterocycles. The average Bonchev–Trinajstić information content (AvgIpc) is 3.25. The van der Waals surface area contributed by atoms with Crippen LogP contribution in [0.1, 0.15) is 41.5 Å². The lowest BCUT2D eigenvalue weighted by atomic mass is 9.95. The number of aromatic nitrogens is 5. The Morgan fingerprint density at radius 3 is 2.63 bits per heavy atom. The zero-order valence-electron chi connectivity index (χ0n) is 17.1. The molecule has 1 fully saturated rings. The molecule has 4 rings (SSSR count). The molecule has 1 amide bonds. The third-order valence-corrected chi connectivity index (χ3v) is 7.00. The highest BCUT2D eigenvalue weighted by Gasteiger charge is 2.35. The molecular weight excluding hydrogens is 408 g/mol. The van der Waals surface area contributed by atoms with Gasteiger partial charge < -0.3 is 10.1 Å². The maximum absolute atomic E-state index is 12.7. The summed E-state index contributed by atoms with van der Waals surface area (Å²) in [5, 5.41) is 11.6. The van der Waals surface area contributed by atoms with Gasteiger partial charge in [0, 0.05) is 24.8 Å². The van der Waals surface area contributed by atoms with Crippen molar-refractivity contribution >= 4 is 21.4 Å². The number of nitrogens with one attached hydrogen (secondary N) is 1. The fourth-order valence-electron chi connectivity index (χ4n) is 3.44. The standard InChI is InChI=1S/C19H24N6O4S/c1-13-10-24(3)22-15(13)12-29-17-5-4-16-20-14(11-25(16)23-17)18(26)21-19(2)6-8-30(27,28)9-7-19/h4-5,10-11H,6-9,12H2,1-3H3,(H,21,26).